The molecule has 4 aromatic rings. The van der Waals surface area contributed by atoms with Crippen molar-refractivity contribution in [3.8, 4) is 0 Å². The number of hydrogen-bond acceptors (Lipinski definition) is 7. The van der Waals surface area contributed by atoms with Crippen LogP contribution in [-0.2, 0) is 15.6 Å². The van der Waals surface area contributed by atoms with Crippen molar-refractivity contribution in [2.45, 2.75) is 68.7 Å². The summed E-state index contributed by atoms with van der Waals surface area (Å²) in [6.45, 7) is 8.20. The summed E-state index contributed by atoms with van der Waals surface area (Å²) in [5.41, 5.74) is 3.49. The second-order valence-electron chi connectivity index (χ2n) is 12.1. The van der Waals surface area contributed by atoms with Crippen LogP contribution >= 0.6 is 0 Å². The molecule has 1 aliphatic heterocycles. The first-order valence-electron chi connectivity index (χ1n) is 15.5. The number of aromatic nitrogens is 4. The summed E-state index contributed by atoms with van der Waals surface area (Å²) in [7, 11) is -1.60. The molecule has 0 spiro atoms. The van der Waals surface area contributed by atoms with E-state index in [-0.39, 0.29) is 22.1 Å². The highest BCUT2D eigenvalue weighted by Crippen LogP contribution is 2.27. The molecule has 1 atom stereocenters. The Hall–Kier alpha value is -3.57. The molecule has 11 heteroatoms. The van der Waals surface area contributed by atoms with Crippen molar-refractivity contribution >= 4 is 38.9 Å². The van der Waals surface area contributed by atoms with Gasteiger partial charge in [0.15, 0.2) is 10.7 Å². The summed E-state index contributed by atoms with van der Waals surface area (Å²) >= 11 is 0. The number of hydrogen-bond donors (Lipinski definition) is 2. The first-order valence-corrected chi connectivity index (χ1v) is 16.7. The molecule has 1 aliphatic carbocycles. The summed E-state index contributed by atoms with van der Waals surface area (Å²) < 4.78 is 15.1. The lowest BCUT2D eigenvalue weighted by atomic mass is 9.86. The van der Waals surface area contributed by atoms with E-state index in [2.05, 4.69) is 30.4 Å². The first-order chi connectivity index (χ1) is 20.9. The number of nitrogens with zero attached hydrogens (tertiary/aromatic N) is 5. The lowest BCUT2D eigenvalue weighted by molar-refractivity contribution is -0.122. The second kappa shape index (κ2) is 13.0. The highest BCUT2D eigenvalue weighted by atomic mass is 32.2. The number of aromatic amines is 1. The van der Waals surface area contributed by atoms with Crippen molar-refractivity contribution in [1.82, 2.24) is 30.0 Å². The molecule has 1 saturated carbocycles. The Kier molecular flexibility index (Phi) is 8.90. The summed E-state index contributed by atoms with van der Waals surface area (Å²) in [6.07, 6.45) is 9.11. The quantitative estimate of drug-likeness (QED) is 0.278. The number of anilines is 1. The predicted molar refractivity (Wildman–Crippen MR) is 169 cm³/mol. The van der Waals surface area contributed by atoms with Gasteiger partial charge in [-0.2, -0.15) is 4.98 Å². The van der Waals surface area contributed by atoms with E-state index in [1.54, 1.807) is 10.6 Å². The van der Waals surface area contributed by atoms with Crippen LogP contribution < -0.4 is 15.8 Å². The van der Waals surface area contributed by atoms with Gasteiger partial charge in [-0.1, -0.05) is 49.8 Å². The van der Waals surface area contributed by atoms with E-state index in [4.69, 9.17) is 0 Å². The molecule has 1 unspecified atom stereocenters. The number of fused-ring (bicyclic) bond motifs is 3. The summed E-state index contributed by atoms with van der Waals surface area (Å²) in [4.78, 5) is 34.9. The van der Waals surface area contributed by atoms with Crippen molar-refractivity contribution in [3.63, 3.8) is 0 Å². The van der Waals surface area contributed by atoms with Crippen molar-refractivity contribution in [2.75, 3.05) is 44.2 Å². The van der Waals surface area contributed by atoms with Gasteiger partial charge in [0.1, 0.15) is 10.8 Å². The lowest BCUT2D eigenvalue weighted by Crippen LogP contribution is -2.49. The monoisotopic (exact) mass is 603 g/mol. The minimum atomic E-state index is -1.60. The van der Waals surface area contributed by atoms with Gasteiger partial charge in [-0.15, -0.1) is 5.10 Å². The zero-order valence-electron chi connectivity index (χ0n) is 25.1. The Morgan fingerprint density at radius 2 is 1.84 bits per heavy atom. The number of carbonyl (C=O) groups is 1. The number of aryl methyl sites for hydroxylation is 2. The van der Waals surface area contributed by atoms with Gasteiger partial charge in [-0.25, -0.2) is 13.9 Å². The Bertz CT molecular complexity index is 1700. The fraction of sp³-hybridized carbons (Fsp3) is 0.500. The number of rotatable bonds is 9. The van der Waals surface area contributed by atoms with Crippen LogP contribution in [0.5, 0.6) is 0 Å². The fourth-order valence-electron chi connectivity index (χ4n) is 6.55. The second-order valence-corrected chi connectivity index (χ2v) is 13.5. The van der Waals surface area contributed by atoms with Gasteiger partial charge in [0, 0.05) is 43.3 Å². The zero-order chi connectivity index (χ0) is 29.9. The van der Waals surface area contributed by atoms with Crippen LogP contribution in [-0.4, -0.2) is 74.1 Å². The Labute approximate surface area is 254 Å². The number of piperazine rings is 1. The van der Waals surface area contributed by atoms with Crippen LogP contribution in [0, 0.1) is 19.8 Å². The van der Waals surface area contributed by atoms with Crippen molar-refractivity contribution < 1.29 is 9.00 Å². The van der Waals surface area contributed by atoms with E-state index in [0.717, 1.165) is 61.9 Å². The van der Waals surface area contributed by atoms with Gasteiger partial charge in [0.25, 0.3) is 5.56 Å². The zero-order valence-corrected chi connectivity index (χ0v) is 25.9. The van der Waals surface area contributed by atoms with Gasteiger partial charge < -0.3 is 10.2 Å². The molecule has 2 aliphatic rings. The van der Waals surface area contributed by atoms with E-state index < -0.39 is 10.8 Å². The van der Waals surface area contributed by atoms with Crippen molar-refractivity contribution in [3.05, 3.63) is 57.9 Å². The topological polar surface area (TPSA) is 116 Å². The summed E-state index contributed by atoms with van der Waals surface area (Å²) in [6, 6.07) is 11.4. The van der Waals surface area contributed by atoms with Gasteiger partial charge in [0.05, 0.1) is 17.4 Å². The largest absolute Gasteiger partial charge is 0.369 e. The summed E-state index contributed by atoms with van der Waals surface area (Å²) in [5.74, 6) is 0.951. The average molecular weight is 604 g/mol. The maximum atomic E-state index is 13.5. The third-order valence-electron chi connectivity index (χ3n) is 8.96. The van der Waals surface area contributed by atoms with Gasteiger partial charge in [-0.3, -0.25) is 14.5 Å². The van der Waals surface area contributed by atoms with Crippen LogP contribution in [0.15, 0.2) is 51.1 Å². The van der Waals surface area contributed by atoms with E-state index in [9.17, 15) is 13.8 Å². The molecule has 6 rings (SSSR count). The number of H-pyrrole nitrogens is 1. The molecule has 2 aromatic heterocycles. The third-order valence-corrected chi connectivity index (χ3v) is 10.4. The minimum Gasteiger partial charge on any atom is -0.369 e. The van der Waals surface area contributed by atoms with E-state index in [1.807, 2.05) is 44.2 Å². The van der Waals surface area contributed by atoms with Crippen LogP contribution in [0.1, 0.15) is 56.1 Å². The number of nitrogens with one attached hydrogen (secondary N) is 2. The van der Waals surface area contributed by atoms with Gasteiger partial charge in [-0.05, 0) is 62.4 Å². The molecular weight excluding hydrogens is 562 g/mol. The Morgan fingerprint density at radius 3 is 2.60 bits per heavy atom. The third kappa shape index (κ3) is 6.52. The molecule has 2 N–H and O–H groups in total. The predicted octanol–water partition coefficient (Wildman–Crippen LogP) is 3.95. The Balaban J connectivity index is 1.10. The molecule has 2 aromatic carbocycles. The number of benzene rings is 2. The van der Waals surface area contributed by atoms with E-state index in [1.165, 1.54) is 38.5 Å². The smallest absolute Gasteiger partial charge is 0.281 e. The maximum Gasteiger partial charge on any atom is 0.281 e. The molecule has 228 valence electrons. The highest BCUT2D eigenvalue weighted by molar-refractivity contribution is 7.85. The normalized spacial score (nSPS) is 17.5. The van der Waals surface area contributed by atoms with E-state index >= 15 is 0 Å². The molecule has 2 fully saturated rings. The average Bonchev–Trinajstić information content (AvgIpc) is 3.44. The van der Waals surface area contributed by atoms with Crippen LogP contribution in [0.25, 0.3) is 16.6 Å². The van der Waals surface area contributed by atoms with Gasteiger partial charge in [0.2, 0.25) is 5.91 Å². The molecule has 3 heterocycles. The van der Waals surface area contributed by atoms with Crippen molar-refractivity contribution in [2.24, 2.45) is 5.92 Å². The molecule has 10 nitrogen and oxygen atoms in total. The summed E-state index contributed by atoms with van der Waals surface area (Å²) in [5, 5.41) is 11.1. The molecule has 1 saturated heterocycles. The highest BCUT2D eigenvalue weighted by Gasteiger charge is 2.23. The molecular formula is C32H41N7O3S. The lowest BCUT2D eigenvalue weighted by Gasteiger charge is -2.35. The Morgan fingerprint density at radius 1 is 1.05 bits per heavy atom. The van der Waals surface area contributed by atoms with Crippen LogP contribution in [0.2, 0.25) is 0 Å². The van der Waals surface area contributed by atoms with Crippen LogP contribution in [0.4, 0.5) is 5.69 Å². The van der Waals surface area contributed by atoms with Gasteiger partial charge >= 0.3 is 0 Å². The fourth-order valence-corrected chi connectivity index (χ4v) is 7.72. The van der Waals surface area contributed by atoms with Crippen LogP contribution in [0.3, 0.4) is 0 Å². The molecule has 1 amide bonds. The van der Waals surface area contributed by atoms with Crippen molar-refractivity contribution in [1.29, 1.82) is 0 Å². The number of amides is 1. The minimum absolute atomic E-state index is 0.102. The maximum absolute atomic E-state index is 13.5. The molecule has 0 radical (unpaired) electrons. The molecule has 0 bridgehead atoms. The van der Waals surface area contributed by atoms with E-state index in [0.29, 0.717) is 22.3 Å². The first kappa shape index (κ1) is 29.5. The number of carbonyl (C=O) groups excluding carboxylic acids is 1. The molecule has 43 heavy (non-hydrogen) atoms. The SMILES string of the molecule is Cc1ccc(S(=O)c2n[nH]n3c2nc(=O)c2ccc(N4CCN(CC(=O)NCCCC5CCCCC5)CC4)cc23)c(C)c1. The standard InChI is InChI=1S/C32H41N7O3S/c1-22-10-13-28(23(2)19-22)43(42)32-30-34-31(41)26-12-11-25(20-27(26)39(30)36-35-32)38-17-15-37(16-18-38)21-29(40)33-14-6-9-24-7-4-3-5-8-24/h10-13,19-20,24,36H,3-9,14-18,21H2,1-2H3,(H,33,40).